The van der Waals surface area contributed by atoms with Gasteiger partial charge < -0.3 is 9.30 Å². The van der Waals surface area contributed by atoms with E-state index in [4.69, 9.17) is 4.74 Å². The number of carbonyl (C=O) groups is 2. The highest BCUT2D eigenvalue weighted by atomic mass is 32.2. The summed E-state index contributed by atoms with van der Waals surface area (Å²) in [5.41, 5.74) is 3.08. The van der Waals surface area contributed by atoms with E-state index in [0.717, 1.165) is 5.69 Å². The number of aryl methyl sites for hydroxylation is 2. The van der Waals surface area contributed by atoms with Crippen molar-refractivity contribution >= 4 is 32.6 Å². The monoisotopic (exact) mass is 487 g/mol. The van der Waals surface area contributed by atoms with Crippen molar-refractivity contribution in [2.45, 2.75) is 53.2 Å². The molecule has 1 unspecified atom stereocenters. The highest BCUT2D eigenvalue weighted by Crippen LogP contribution is 2.29. The molecule has 0 aliphatic carbocycles. The standard InChI is InChI=1S/C24H29N3O6S/c1-5-25-20-8-7-17(23(29)33-6-2)12-21(20)26(24(25)30)13-22(28)19-11-15(3)27(16(19)4)18-9-10-34(31,32)14-18/h7-8,11-12,18H,5-6,9-10,13-14H2,1-4H3. The molecule has 182 valence electrons. The van der Waals surface area contributed by atoms with Crippen LogP contribution in [0, 0.1) is 13.8 Å². The first kappa shape index (κ1) is 24.0. The van der Waals surface area contributed by atoms with Gasteiger partial charge in [0.1, 0.15) is 0 Å². The minimum atomic E-state index is -3.07. The molecule has 1 saturated heterocycles. The van der Waals surface area contributed by atoms with Crippen LogP contribution < -0.4 is 5.69 Å². The summed E-state index contributed by atoms with van der Waals surface area (Å²) >= 11 is 0. The van der Waals surface area contributed by atoms with Crippen LogP contribution in [0.15, 0.2) is 29.1 Å². The average Bonchev–Trinajstić information content (AvgIpc) is 3.38. The zero-order valence-electron chi connectivity index (χ0n) is 19.8. The molecule has 10 heteroatoms. The number of rotatable bonds is 7. The zero-order valence-corrected chi connectivity index (χ0v) is 20.6. The van der Waals surface area contributed by atoms with E-state index in [1.807, 2.05) is 25.3 Å². The number of benzene rings is 1. The van der Waals surface area contributed by atoms with Crippen LogP contribution >= 0.6 is 0 Å². The van der Waals surface area contributed by atoms with Crippen LogP contribution in [0.2, 0.25) is 0 Å². The Morgan fingerprint density at radius 2 is 1.82 bits per heavy atom. The number of hydrogen-bond acceptors (Lipinski definition) is 6. The first-order valence-corrected chi connectivity index (χ1v) is 13.2. The fourth-order valence-electron chi connectivity index (χ4n) is 4.95. The van der Waals surface area contributed by atoms with Crippen molar-refractivity contribution in [3.63, 3.8) is 0 Å². The van der Waals surface area contributed by atoms with Gasteiger partial charge in [-0.3, -0.25) is 13.9 Å². The average molecular weight is 488 g/mol. The summed E-state index contributed by atoms with van der Waals surface area (Å²) in [5, 5.41) is 0. The lowest BCUT2D eigenvalue weighted by molar-refractivity contribution is 0.0526. The summed E-state index contributed by atoms with van der Waals surface area (Å²) in [6, 6.07) is 6.46. The van der Waals surface area contributed by atoms with Gasteiger partial charge in [-0.15, -0.1) is 0 Å². The molecule has 1 fully saturated rings. The van der Waals surface area contributed by atoms with Gasteiger partial charge in [0.2, 0.25) is 0 Å². The molecule has 3 heterocycles. The van der Waals surface area contributed by atoms with Crippen LogP contribution in [-0.2, 0) is 27.7 Å². The van der Waals surface area contributed by atoms with Crippen LogP contribution in [0.25, 0.3) is 11.0 Å². The summed E-state index contributed by atoms with van der Waals surface area (Å²) in [4.78, 5) is 38.7. The van der Waals surface area contributed by atoms with Crippen molar-refractivity contribution in [2.24, 2.45) is 0 Å². The first-order valence-electron chi connectivity index (χ1n) is 11.4. The maximum atomic E-state index is 13.4. The Labute approximate surface area is 197 Å². The Balaban J connectivity index is 1.73. The van der Waals surface area contributed by atoms with Crippen molar-refractivity contribution in [1.29, 1.82) is 0 Å². The maximum Gasteiger partial charge on any atom is 0.338 e. The molecule has 1 aliphatic rings. The molecule has 2 aromatic heterocycles. The smallest absolute Gasteiger partial charge is 0.338 e. The second kappa shape index (κ2) is 8.90. The van der Waals surface area contributed by atoms with Crippen molar-refractivity contribution in [2.75, 3.05) is 18.1 Å². The highest BCUT2D eigenvalue weighted by molar-refractivity contribution is 7.91. The van der Waals surface area contributed by atoms with Crippen molar-refractivity contribution in [3.05, 3.63) is 57.3 Å². The van der Waals surface area contributed by atoms with Crippen molar-refractivity contribution in [1.82, 2.24) is 13.7 Å². The molecule has 0 saturated carbocycles. The fourth-order valence-corrected chi connectivity index (χ4v) is 6.65. The van der Waals surface area contributed by atoms with Gasteiger partial charge in [-0.05, 0) is 58.4 Å². The molecule has 4 rings (SSSR count). The first-order chi connectivity index (χ1) is 16.1. The van der Waals surface area contributed by atoms with E-state index in [1.54, 1.807) is 35.8 Å². The molecule has 1 atom stereocenters. The van der Waals surface area contributed by atoms with E-state index >= 15 is 0 Å². The zero-order chi connectivity index (χ0) is 24.8. The van der Waals surface area contributed by atoms with Gasteiger partial charge in [0.15, 0.2) is 15.6 Å². The number of sulfone groups is 1. The molecule has 34 heavy (non-hydrogen) atoms. The maximum absolute atomic E-state index is 13.4. The summed E-state index contributed by atoms with van der Waals surface area (Å²) in [6.45, 7) is 7.68. The van der Waals surface area contributed by atoms with E-state index < -0.39 is 15.8 Å². The Morgan fingerprint density at radius 1 is 1.09 bits per heavy atom. The third-order valence-electron chi connectivity index (χ3n) is 6.51. The predicted octanol–water partition coefficient (Wildman–Crippen LogP) is 2.66. The molecular formula is C24H29N3O6S. The van der Waals surface area contributed by atoms with E-state index in [0.29, 0.717) is 40.8 Å². The summed E-state index contributed by atoms with van der Waals surface area (Å²) < 4.78 is 33.9. The molecule has 0 amide bonds. The highest BCUT2D eigenvalue weighted by Gasteiger charge is 2.32. The van der Waals surface area contributed by atoms with E-state index in [2.05, 4.69) is 0 Å². The lowest BCUT2D eigenvalue weighted by atomic mass is 10.1. The molecule has 0 bridgehead atoms. The van der Waals surface area contributed by atoms with E-state index in [-0.39, 0.29) is 42.2 Å². The second-order valence-corrected chi connectivity index (χ2v) is 10.9. The minimum Gasteiger partial charge on any atom is -0.462 e. The number of carbonyl (C=O) groups excluding carboxylic acids is 2. The molecule has 1 aliphatic heterocycles. The predicted molar refractivity (Wildman–Crippen MR) is 128 cm³/mol. The van der Waals surface area contributed by atoms with Gasteiger partial charge in [-0.1, -0.05) is 0 Å². The van der Waals surface area contributed by atoms with Crippen molar-refractivity contribution in [3.8, 4) is 0 Å². The third kappa shape index (κ3) is 4.11. The van der Waals surface area contributed by atoms with Crippen LogP contribution in [0.5, 0.6) is 0 Å². The number of hydrogen-bond donors (Lipinski definition) is 0. The summed E-state index contributed by atoms with van der Waals surface area (Å²) in [7, 11) is -3.07. The van der Waals surface area contributed by atoms with Crippen molar-refractivity contribution < 1.29 is 22.7 Å². The summed E-state index contributed by atoms with van der Waals surface area (Å²) in [6.07, 6.45) is 0.520. The fraction of sp³-hybridized carbons (Fsp3) is 0.458. The second-order valence-electron chi connectivity index (χ2n) is 8.67. The number of ketones is 1. The van der Waals surface area contributed by atoms with Gasteiger partial charge in [0.25, 0.3) is 0 Å². The van der Waals surface area contributed by atoms with Crippen LogP contribution in [-0.4, -0.2) is 52.0 Å². The van der Waals surface area contributed by atoms with Crippen LogP contribution in [0.4, 0.5) is 0 Å². The van der Waals surface area contributed by atoms with Crippen LogP contribution in [0.3, 0.4) is 0 Å². The summed E-state index contributed by atoms with van der Waals surface area (Å²) in [5.74, 6) is -0.530. The normalized spacial score (nSPS) is 17.4. The van der Waals surface area contributed by atoms with Crippen LogP contribution in [0.1, 0.15) is 58.4 Å². The number of imidazole rings is 1. The number of Topliss-reactive ketones (excluding diaryl/α,β-unsaturated/α-hetero) is 1. The molecular weight excluding hydrogens is 458 g/mol. The third-order valence-corrected chi connectivity index (χ3v) is 8.26. The van der Waals surface area contributed by atoms with Gasteiger partial charge in [-0.25, -0.2) is 18.0 Å². The quantitative estimate of drug-likeness (QED) is 0.374. The Hall–Kier alpha value is -3.14. The number of fused-ring (bicyclic) bond motifs is 1. The molecule has 3 aromatic rings. The van der Waals surface area contributed by atoms with Gasteiger partial charge >= 0.3 is 11.7 Å². The largest absolute Gasteiger partial charge is 0.462 e. The molecule has 9 nitrogen and oxygen atoms in total. The molecule has 0 radical (unpaired) electrons. The molecule has 0 spiro atoms. The number of nitrogens with zero attached hydrogens (tertiary/aromatic N) is 3. The van der Waals surface area contributed by atoms with Gasteiger partial charge in [0, 0.05) is 29.5 Å². The Kier molecular flexibility index (Phi) is 6.28. The lowest BCUT2D eigenvalue weighted by Gasteiger charge is -2.16. The number of aromatic nitrogens is 3. The Bertz CT molecular complexity index is 1460. The molecule has 1 aromatic carbocycles. The number of esters is 1. The van der Waals surface area contributed by atoms with Gasteiger partial charge in [-0.2, -0.15) is 0 Å². The van der Waals surface area contributed by atoms with E-state index in [9.17, 15) is 22.8 Å². The number of ether oxygens (including phenoxy) is 1. The van der Waals surface area contributed by atoms with Gasteiger partial charge in [0.05, 0.1) is 41.3 Å². The SMILES string of the molecule is CCOC(=O)c1ccc2c(c1)n(CC(=O)c1cc(C)n(C3CCS(=O)(=O)C3)c1C)c(=O)n2CC. The van der Waals surface area contributed by atoms with E-state index in [1.165, 1.54) is 4.57 Å². The minimum absolute atomic E-state index is 0.0665. The lowest BCUT2D eigenvalue weighted by Crippen LogP contribution is -2.27. The Morgan fingerprint density at radius 3 is 2.44 bits per heavy atom. The topological polar surface area (TPSA) is 109 Å². The molecule has 0 N–H and O–H groups in total.